The van der Waals surface area contributed by atoms with Gasteiger partial charge in [-0.15, -0.1) is 0 Å². The molecule has 2 aromatic rings. The molecular formula is C21H25N3O2. The van der Waals surface area contributed by atoms with E-state index in [0.717, 1.165) is 12.2 Å². The molecule has 1 saturated heterocycles. The van der Waals surface area contributed by atoms with Gasteiger partial charge in [-0.3, -0.25) is 9.59 Å². The van der Waals surface area contributed by atoms with Crippen molar-refractivity contribution in [3.63, 3.8) is 0 Å². The zero-order valence-electron chi connectivity index (χ0n) is 15.5. The molecule has 3 rings (SSSR count). The lowest BCUT2D eigenvalue weighted by atomic mass is 10.0. The highest BCUT2D eigenvalue weighted by molar-refractivity contribution is 6.06. The number of hydrogen-bond acceptors (Lipinski definition) is 3. The number of piperazine rings is 1. The van der Waals surface area contributed by atoms with Crippen molar-refractivity contribution in [1.29, 1.82) is 0 Å². The van der Waals surface area contributed by atoms with E-state index in [-0.39, 0.29) is 17.4 Å². The average Bonchev–Trinajstić information content (AvgIpc) is 2.66. The summed E-state index contributed by atoms with van der Waals surface area (Å²) in [4.78, 5) is 28.8. The molecule has 1 heterocycles. The first-order valence-electron chi connectivity index (χ1n) is 8.85. The maximum Gasteiger partial charge on any atom is 0.258 e. The number of rotatable bonds is 3. The van der Waals surface area contributed by atoms with Gasteiger partial charge in [-0.05, 0) is 50.2 Å². The van der Waals surface area contributed by atoms with Gasteiger partial charge in [0.1, 0.15) is 0 Å². The van der Waals surface area contributed by atoms with E-state index < -0.39 is 0 Å². The Labute approximate surface area is 154 Å². The van der Waals surface area contributed by atoms with E-state index in [4.69, 9.17) is 0 Å². The van der Waals surface area contributed by atoms with Crippen molar-refractivity contribution in [2.45, 2.75) is 19.4 Å². The molecular weight excluding hydrogens is 326 g/mol. The molecule has 0 unspecified atom stereocenters. The molecule has 2 aromatic carbocycles. The van der Waals surface area contributed by atoms with Crippen LogP contribution >= 0.6 is 0 Å². The maximum atomic E-state index is 12.7. The summed E-state index contributed by atoms with van der Waals surface area (Å²) in [5.74, 6) is -0.0894. The summed E-state index contributed by atoms with van der Waals surface area (Å²) < 4.78 is 0. The van der Waals surface area contributed by atoms with Crippen molar-refractivity contribution in [3.8, 4) is 0 Å². The fraction of sp³-hybridized carbons (Fsp3) is 0.333. The Balaban J connectivity index is 1.72. The Hall–Kier alpha value is -2.66. The zero-order valence-corrected chi connectivity index (χ0v) is 15.5. The van der Waals surface area contributed by atoms with Crippen LogP contribution in [-0.4, -0.2) is 48.9 Å². The van der Waals surface area contributed by atoms with Crippen molar-refractivity contribution < 1.29 is 9.59 Å². The van der Waals surface area contributed by atoms with Crippen LogP contribution in [0.2, 0.25) is 0 Å². The van der Waals surface area contributed by atoms with Gasteiger partial charge < -0.3 is 15.1 Å². The fourth-order valence-corrected chi connectivity index (χ4v) is 3.22. The number of nitrogens with zero attached hydrogens (tertiary/aromatic N) is 2. The van der Waals surface area contributed by atoms with E-state index in [1.165, 1.54) is 0 Å². The minimum absolute atomic E-state index is 0.00925. The standard InChI is InChI=1S/C21H25N3O2/c1-21(2)15-24(14-13-22-21)20(26)17-11-9-16(10-12-17)19(25)23(3)18-7-5-4-6-8-18/h4-12,22H,13-15H2,1-3H3. The third-order valence-corrected chi connectivity index (χ3v) is 4.69. The number of carbonyl (C=O) groups is 2. The van der Waals surface area contributed by atoms with Crippen molar-refractivity contribution in [2.24, 2.45) is 0 Å². The maximum absolute atomic E-state index is 12.7. The normalized spacial score (nSPS) is 16.2. The number of anilines is 1. The lowest BCUT2D eigenvalue weighted by Gasteiger charge is -2.39. The number of carbonyl (C=O) groups excluding carboxylic acids is 2. The molecule has 0 bridgehead atoms. The predicted molar refractivity (Wildman–Crippen MR) is 104 cm³/mol. The highest BCUT2D eigenvalue weighted by atomic mass is 16.2. The Morgan fingerprint density at radius 3 is 2.23 bits per heavy atom. The first-order chi connectivity index (χ1) is 12.4. The Morgan fingerprint density at radius 2 is 1.62 bits per heavy atom. The van der Waals surface area contributed by atoms with E-state index in [1.807, 2.05) is 35.2 Å². The highest BCUT2D eigenvalue weighted by Gasteiger charge is 2.29. The smallest absolute Gasteiger partial charge is 0.258 e. The van der Waals surface area contributed by atoms with Gasteiger partial charge in [-0.2, -0.15) is 0 Å². The minimum Gasteiger partial charge on any atom is -0.336 e. The second kappa shape index (κ2) is 7.30. The van der Waals surface area contributed by atoms with Crippen LogP contribution in [0.1, 0.15) is 34.6 Å². The van der Waals surface area contributed by atoms with Gasteiger partial charge in [-0.25, -0.2) is 0 Å². The molecule has 0 saturated carbocycles. The predicted octanol–water partition coefficient (Wildman–Crippen LogP) is 2.79. The molecule has 1 aliphatic heterocycles. The van der Waals surface area contributed by atoms with Crippen LogP contribution < -0.4 is 10.2 Å². The van der Waals surface area contributed by atoms with Gasteiger partial charge in [0.15, 0.2) is 0 Å². The molecule has 5 nitrogen and oxygen atoms in total. The molecule has 136 valence electrons. The molecule has 0 aliphatic carbocycles. The number of benzene rings is 2. The van der Waals surface area contributed by atoms with Crippen molar-refractivity contribution in [1.82, 2.24) is 10.2 Å². The fourth-order valence-electron chi connectivity index (χ4n) is 3.22. The Bertz CT molecular complexity index is 785. The third kappa shape index (κ3) is 3.94. The lowest BCUT2D eigenvalue weighted by Crippen LogP contribution is -2.58. The summed E-state index contributed by atoms with van der Waals surface area (Å²) in [6.45, 7) is 6.33. The molecule has 0 radical (unpaired) electrons. The van der Waals surface area contributed by atoms with E-state index in [0.29, 0.717) is 24.2 Å². The second-order valence-electron chi connectivity index (χ2n) is 7.31. The molecule has 0 spiro atoms. The largest absolute Gasteiger partial charge is 0.336 e. The third-order valence-electron chi connectivity index (χ3n) is 4.69. The molecule has 26 heavy (non-hydrogen) atoms. The summed E-state index contributed by atoms with van der Waals surface area (Å²) in [5, 5.41) is 3.40. The number of hydrogen-bond donors (Lipinski definition) is 1. The quantitative estimate of drug-likeness (QED) is 0.925. The molecule has 1 aliphatic rings. The topological polar surface area (TPSA) is 52.7 Å². The minimum atomic E-state index is -0.0986. The highest BCUT2D eigenvalue weighted by Crippen LogP contribution is 2.17. The van der Waals surface area contributed by atoms with E-state index in [1.54, 1.807) is 36.2 Å². The summed E-state index contributed by atoms with van der Waals surface area (Å²) in [6, 6.07) is 16.4. The average molecular weight is 351 g/mol. The van der Waals surface area contributed by atoms with Crippen molar-refractivity contribution in [3.05, 3.63) is 65.7 Å². The summed E-state index contributed by atoms with van der Waals surface area (Å²) in [5.41, 5.74) is 1.93. The van der Waals surface area contributed by atoms with Crippen LogP contribution in [0, 0.1) is 0 Å². The van der Waals surface area contributed by atoms with E-state index >= 15 is 0 Å². The van der Waals surface area contributed by atoms with Gasteiger partial charge in [-0.1, -0.05) is 18.2 Å². The van der Waals surface area contributed by atoms with E-state index in [2.05, 4.69) is 19.2 Å². The zero-order chi connectivity index (χ0) is 18.7. The monoisotopic (exact) mass is 351 g/mol. The molecule has 1 N–H and O–H groups in total. The SMILES string of the molecule is CN(C(=O)c1ccc(C(=O)N2CCNC(C)(C)C2)cc1)c1ccccc1. The molecule has 0 aromatic heterocycles. The van der Waals surface area contributed by atoms with Crippen LogP contribution in [0.5, 0.6) is 0 Å². The number of para-hydroxylation sites is 1. The van der Waals surface area contributed by atoms with Crippen LogP contribution in [-0.2, 0) is 0 Å². The Morgan fingerprint density at radius 1 is 1.00 bits per heavy atom. The van der Waals surface area contributed by atoms with Gasteiger partial charge >= 0.3 is 0 Å². The van der Waals surface area contributed by atoms with Gasteiger partial charge in [0.25, 0.3) is 11.8 Å². The van der Waals surface area contributed by atoms with Gasteiger partial charge in [0.2, 0.25) is 0 Å². The van der Waals surface area contributed by atoms with Crippen LogP contribution in [0.4, 0.5) is 5.69 Å². The molecule has 0 atom stereocenters. The van der Waals surface area contributed by atoms with Gasteiger partial charge in [0, 0.05) is 49.0 Å². The van der Waals surface area contributed by atoms with Crippen LogP contribution in [0.25, 0.3) is 0 Å². The van der Waals surface area contributed by atoms with Crippen molar-refractivity contribution in [2.75, 3.05) is 31.6 Å². The van der Waals surface area contributed by atoms with E-state index in [9.17, 15) is 9.59 Å². The van der Waals surface area contributed by atoms with Crippen LogP contribution in [0.15, 0.2) is 54.6 Å². The summed E-state index contributed by atoms with van der Waals surface area (Å²) >= 11 is 0. The molecule has 5 heteroatoms. The van der Waals surface area contributed by atoms with Gasteiger partial charge in [0.05, 0.1) is 0 Å². The van der Waals surface area contributed by atoms with Crippen molar-refractivity contribution >= 4 is 17.5 Å². The second-order valence-corrected chi connectivity index (χ2v) is 7.31. The Kier molecular flexibility index (Phi) is 5.09. The molecule has 1 fully saturated rings. The first-order valence-corrected chi connectivity index (χ1v) is 8.85. The first kappa shape index (κ1) is 18.1. The number of amides is 2. The van der Waals surface area contributed by atoms with Crippen LogP contribution in [0.3, 0.4) is 0 Å². The lowest BCUT2D eigenvalue weighted by molar-refractivity contribution is 0.0652. The number of nitrogens with one attached hydrogen (secondary N) is 1. The molecule has 2 amide bonds. The summed E-state index contributed by atoms with van der Waals surface area (Å²) in [6.07, 6.45) is 0. The summed E-state index contributed by atoms with van der Waals surface area (Å²) in [7, 11) is 1.75.